The summed E-state index contributed by atoms with van der Waals surface area (Å²) in [6, 6.07) is 13.7. The van der Waals surface area contributed by atoms with E-state index in [-0.39, 0.29) is 0 Å². The van der Waals surface area contributed by atoms with Gasteiger partial charge < -0.3 is 0 Å². The summed E-state index contributed by atoms with van der Waals surface area (Å²) in [5.41, 5.74) is 4.22. The van der Waals surface area contributed by atoms with Gasteiger partial charge in [0.05, 0.1) is 9.52 Å². The molecular weight excluding hydrogens is 304 g/mol. The third kappa shape index (κ3) is 4.47. The van der Waals surface area contributed by atoms with Crippen molar-refractivity contribution in [3.63, 3.8) is 0 Å². The molecule has 0 saturated carbocycles. The molecule has 0 aliphatic rings. The minimum Gasteiger partial charge on any atom is -0.0842 e. The zero-order valence-corrected chi connectivity index (χ0v) is 16.4. The van der Waals surface area contributed by atoms with Crippen LogP contribution in [0.1, 0.15) is 44.4 Å². The fourth-order valence-electron chi connectivity index (χ4n) is 2.94. The average molecular weight is 331 g/mol. The Morgan fingerprint density at radius 2 is 1.64 bits per heavy atom. The van der Waals surface area contributed by atoms with Gasteiger partial charge in [0.25, 0.3) is 0 Å². The van der Waals surface area contributed by atoms with Crippen LogP contribution in [-0.4, -0.2) is 9.52 Å². The second-order valence-corrected chi connectivity index (χ2v) is 8.84. The molecule has 0 aliphatic heterocycles. The molecule has 0 nitrogen and oxygen atoms in total. The summed E-state index contributed by atoms with van der Waals surface area (Å²) in [6.45, 7) is 8.96. The third-order valence-electron chi connectivity index (χ3n) is 4.11. The topological polar surface area (TPSA) is 0 Å². The molecule has 0 heterocycles. The van der Waals surface area contributed by atoms with Crippen molar-refractivity contribution in [2.75, 3.05) is 0 Å². The van der Waals surface area contributed by atoms with Gasteiger partial charge in [0.2, 0.25) is 0 Å². The quantitative estimate of drug-likeness (QED) is 0.707. The zero-order chi connectivity index (χ0) is 16.1. The fraction of sp³-hybridized carbons (Fsp3) is 0.400. The van der Waals surface area contributed by atoms with Crippen molar-refractivity contribution >= 4 is 31.5 Å². The molecule has 2 rings (SSSR count). The maximum atomic E-state index is 6.68. The van der Waals surface area contributed by atoms with Crippen molar-refractivity contribution in [1.82, 2.24) is 0 Å². The molecule has 2 heteroatoms. The monoisotopic (exact) mass is 330 g/mol. The Kier molecular flexibility index (Phi) is 6.28. The molecule has 0 radical (unpaired) electrons. The number of rotatable bonds is 6. The van der Waals surface area contributed by atoms with Crippen molar-refractivity contribution in [1.29, 1.82) is 0 Å². The standard InChI is InChI=1S/C20H27ClSi/c1-5-15-11-16(6-2)13-18(12-15)22-19-9-7-8-17(20(19)21)10-14(3)4/h7-9,11-14H,5-6,10,22H2,1-4H3. The third-order valence-corrected chi connectivity index (χ3v) is 6.61. The van der Waals surface area contributed by atoms with E-state index in [0.29, 0.717) is 5.92 Å². The summed E-state index contributed by atoms with van der Waals surface area (Å²) in [4.78, 5) is 0. The van der Waals surface area contributed by atoms with Crippen LogP contribution in [0.5, 0.6) is 0 Å². The molecule has 118 valence electrons. The molecule has 0 bridgehead atoms. The van der Waals surface area contributed by atoms with Crippen LogP contribution in [0.25, 0.3) is 0 Å². The molecule has 2 aromatic rings. The van der Waals surface area contributed by atoms with Crippen molar-refractivity contribution in [3.05, 3.63) is 58.1 Å². The molecule has 0 aliphatic carbocycles. The van der Waals surface area contributed by atoms with Crippen molar-refractivity contribution < 1.29 is 0 Å². The highest BCUT2D eigenvalue weighted by molar-refractivity contribution is 6.70. The number of benzene rings is 2. The number of hydrogen-bond donors (Lipinski definition) is 0. The van der Waals surface area contributed by atoms with Gasteiger partial charge in [-0.2, -0.15) is 0 Å². The lowest BCUT2D eigenvalue weighted by Gasteiger charge is -2.13. The Morgan fingerprint density at radius 1 is 1.00 bits per heavy atom. The van der Waals surface area contributed by atoms with Gasteiger partial charge in [-0.05, 0) is 47.1 Å². The van der Waals surface area contributed by atoms with Crippen molar-refractivity contribution in [3.8, 4) is 0 Å². The minimum atomic E-state index is -0.512. The minimum absolute atomic E-state index is 0.512. The predicted octanol–water partition coefficient (Wildman–Crippen LogP) is 3.78. The van der Waals surface area contributed by atoms with Crippen LogP contribution in [0.3, 0.4) is 0 Å². The highest BCUT2D eigenvalue weighted by Gasteiger charge is 2.09. The van der Waals surface area contributed by atoms with Crippen molar-refractivity contribution in [2.24, 2.45) is 5.92 Å². The lowest BCUT2D eigenvalue weighted by molar-refractivity contribution is 0.647. The van der Waals surface area contributed by atoms with Gasteiger partial charge in [0.15, 0.2) is 0 Å². The SMILES string of the molecule is CCc1cc(CC)cc([SiH2]c2cccc(CC(C)C)c2Cl)c1. The summed E-state index contributed by atoms with van der Waals surface area (Å²) in [5, 5.41) is 3.91. The van der Waals surface area contributed by atoms with Gasteiger partial charge in [-0.15, -0.1) is 0 Å². The molecular formula is C20H27ClSi. The van der Waals surface area contributed by atoms with Crippen molar-refractivity contribution in [2.45, 2.75) is 47.0 Å². The molecule has 0 aromatic heterocycles. The van der Waals surface area contributed by atoms with Crippen LogP contribution in [-0.2, 0) is 19.3 Å². The van der Waals surface area contributed by atoms with E-state index >= 15 is 0 Å². The zero-order valence-electron chi connectivity index (χ0n) is 14.2. The maximum absolute atomic E-state index is 6.68. The van der Waals surface area contributed by atoms with E-state index in [1.807, 2.05) is 0 Å². The number of halogens is 1. The largest absolute Gasteiger partial charge is 0.0894 e. The normalized spacial score (nSPS) is 11.7. The molecule has 0 spiro atoms. The second kappa shape index (κ2) is 7.98. The number of hydrogen-bond acceptors (Lipinski definition) is 0. The first-order chi connectivity index (χ1) is 10.5. The van der Waals surface area contributed by atoms with Gasteiger partial charge in [0.1, 0.15) is 0 Å². The Hall–Kier alpha value is -1.05. The Morgan fingerprint density at radius 3 is 2.18 bits per heavy atom. The van der Waals surface area contributed by atoms with E-state index in [2.05, 4.69) is 64.1 Å². The van der Waals surface area contributed by atoms with E-state index in [9.17, 15) is 0 Å². The highest BCUT2D eigenvalue weighted by Crippen LogP contribution is 2.17. The highest BCUT2D eigenvalue weighted by atomic mass is 35.5. The van der Waals surface area contributed by atoms with E-state index in [4.69, 9.17) is 11.6 Å². The molecule has 0 fully saturated rings. The first-order valence-electron chi connectivity index (χ1n) is 8.41. The molecule has 0 N–H and O–H groups in total. The van der Waals surface area contributed by atoms with Gasteiger partial charge in [-0.1, -0.05) is 80.9 Å². The van der Waals surface area contributed by atoms with Gasteiger partial charge >= 0.3 is 0 Å². The van der Waals surface area contributed by atoms with Gasteiger partial charge in [0, 0.05) is 5.02 Å². The Balaban J connectivity index is 2.31. The first kappa shape index (κ1) is 17.3. The van der Waals surface area contributed by atoms with E-state index in [1.54, 1.807) is 0 Å². The molecule has 0 amide bonds. The molecule has 0 unspecified atom stereocenters. The summed E-state index contributed by atoms with van der Waals surface area (Å²) >= 11 is 6.68. The van der Waals surface area contributed by atoms with Gasteiger partial charge in [-0.3, -0.25) is 0 Å². The molecule has 0 saturated heterocycles. The second-order valence-electron chi connectivity index (χ2n) is 6.53. The lowest BCUT2D eigenvalue weighted by Crippen LogP contribution is -2.29. The van der Waals surface area contributed by atoms with E-state index < -0.39 is 9.52 Å². The maximum Gasteiger partial charge on any atom is 0.0894 e. The van der Waals surface area contributed by atoms with Crippen LogP contribution >= 0.6 is 11.6 Å². The van der Waals surface area contributed by atoms with E-state index in [0.717, 1.165) is 24.3 Å². The average Bonchev–Trinajstić information content (AvgIpc) is 2.50. The number of aryl methyl sites for hydroxylation is 2. The first-order valence-corrected chi connectivity index (χ1v) is 10.2. The van der Waals surface area contributed by atoms with E-state index in [1.165, 1.54) is 27.1 Å². The summed E-state index contributed by atoms with van der Waals surface area (Å²) < 4.78 is 0. The molecule has 0 atom stereocenters. The summed E-state index contributed by atoms with van der Waals surface area (Å²) in [5.74, 6) is 0.643. The van der Waals surface area contributed by atoms with Crippen LogP contribution < -0.4 is 10.4 Å². The van der Waals surface area contributed by atoms with Crippen LogP contribution in [0.2, 0.25) is 5.02 Å². The van der Waals surface area contributed by atoms with Crippen LogP contribution in [0.4, 0.5) is 0 Å². The summed E-state index contributed by atoms with van der Waals surface area (Å²) in [7, 11) is -0.512. The fourth-order valence-corrected chi connectivity index (χ4v) is 5.14. The Labute approximate surface area is 142 Å². The lowest BCUT2D eigenvalue weighted by atomic mass is 10.0. The Bertz CT molecular complexity index is 609. The molecule has 2 aromatic carbocycles. The smallest absolute Gasteiger partial charge is 0.0842 e. The summed E-state index contributed by atoms with van der Waals surface area (Å²) in [6.07, 6.45) is 3.28. The molecule has 22 heavy (non-hydrogen) atoms. The van der Waals surface area contributed by atoms with Gasteiger partial charge in [-0.25, -0.2) is 0 Å². The van der Waals surface area contributed by atoms with Crippen LogP contribution in [0.15, 0.2) is 36.4 Å². The van der Waals surface area contributed by atoms with Crippen LogP contribution in [0, 0.1) is 5.92 Å². The predicted molar refractivity (Wildman–Crippen MR) is 103 cm³/mol.